The highest BCUT2D eigenvalue weighted by Crippen LogP contribution is 2.50. The number of benzene rings is 3. The first-order chi connectivity index (χ1) is 22.1. The van der Waals surface area contributed by atoms with Crippen molar-refractivity contribution in [2.24, 2.45) is 11.8 Å². The predicted octanol–water partition coefficient (Wildman–Crippen LogP) is 6.36. The number of rotatable bonds is 13. The van der Waals surface area contributed by atoms with Crippen molar-refractivity contribution in [1.82, 2.24) is 0 Å². The molecular formula is C35H41BrN2O8. The lowest BCUT2D eigenvalue weighted by Crippen LogP contribution is -2.56. The van der Waals surface area contributed by atoms with E-state index in [1.807, 2.05) is 27.7 Å². The molecular weight excluding hydrogens is 656 g/mol. The van der Waals surface area contributed by atoms with Gasteiger partial charge in [-0.25, -0.2) is 0 Å². The monoisotopic (exact) mass is 696 g/mol. The minimum atomic E-state index is -1.82. The lowest BCUT2D eigenvalue weighted by Gasteiger charge is -2.44. The third kappa shape index (κ3) is 7.64. The zero-order chi connectivity index (χ0) is 33.4. The minimum Gasteiger partial charge on any atom is -0.492 e. The number of anilines is 2. The molecule has 0 radical (unpaired) electrons. The number of hydrogen-bond donors (Lipinski definition) is 3. The largest absolute Gasteiger partial charge is 0.492 e. The molecule has 46 heavy (non-hydrogen) atoms. The van der Waals surface area contributed by atoms with Gasteiger partial charge >= 0.3 is 0 Å². The summed E-state index contributed by atoms with van der Waals surface area (Å²) in [7, 11) is 0. The van der Waals surface area contributed by atoms with E-state index in [2.05, 4.69) is 26.6 Å². The van der Waals surface area contributed by atoms with E-state index in [-0.39, 0.29) is 0 Å². The van der Waals surface area contributed by atoms with Crippen LogP contribution in [0.3, 0.4) is 0 Å². The molecule has 4 rings (SSSR count). The predicted molar refractivity (Wildman–Crippen MR) is 179 cm³/mol. The summed E-state index contributed by atoms with van der Waals surface area (Å²) in [6.45, 7) is 10.2. The SMILES string of the molecule is CCOc1ccccc1NC(=O)C1C(=O)CC(C)(O)C(C(=O)Nc2ccccc2OCC)C1c1cc(Br)c(OCC)c(OCC)c1. The number of para-hydroxylation sites is 4. The van der Waals surface area contributed by atoms with Crippen molar-refractivity contribution in [1.29, 1.82) is 0 Å². The molecule has 3 aromatic carbocycles. The second-order valence-corrected chi connectivity index (χ2v) is 11.9. The molecule has 3 N–H and O–H groups in total. The average Bonchev–Trinajstić information content (AvgIpc) is 3.00. The molecule has 0 bridgehead atoms. The lowest BCUT2D eigenvalue weighted by molar-refractivity contribution is -0.150. The Morgan fingerprint density at radius 1 is 0.804 bits per heavy atom. The summed E-state index contributed by atoms with van der Waals surface area (Å²) in [6, 6.07) is 17.2. The van der Waals surface area contributed by atoms with Crippen molar-refractivity contribution in [3.05, 3.63) is 70.7 Å². The van der Waals surface area contributed by atoms with Crippen molar-refractivity contribution in [3.63, 3.8) is 0 Å². The van der Waals surface area contributed by atoms with Crippen LogP contribution in [0.5, 0.6) is 23.0 Å². The Balaban J connectivity index is 1.88. The number of ketones is 1. The van der Waals surface area contributed by atoms with Gasteiger partial charge in [-0.1, -0.05) is 24.3 Å². The first-order valence-corrected chi connectivity index (χ1v) is 16.2. The van der Waals surface area contributed by atoms with E-state index in [1.165, 1.54) is 6.92 Å². The van der Waals surface area contributed by atoms with Gasteiger partial charge in [0.25, 0.3) is 0 Å². The van der Waals surface area contributed by atoms with Gasteiger partial charge in [0.15, 0.2) is 11.5 Å². The first-order valence-electron chi connectivity index (χ1n) is 15.5. The third-order valence-corrected chi connectivity index (χ3v) is 8.32. The molecule has 246 valence electrons. The smallest absolute Gasteiger partial charge is 0.235 e. The topological polar surface area (TPSA) is 132 Å². The summed E-state index contributed by atoms with van der Waals surface area (Å²) in [6.07, 6.45) is -0.420. The molecule has 1 fully saturated rings. The standard InChI is InChI=1S/C35H41BrN2O8/c1-6-43-26-16-12-10-14-23(26)37-33(40)30-25(39)20-35(5,42)31(34(41)38-24-15-11-13-17-27(24)44-7-2)29(30)21-18-22(36)32(46-9-4)28(19-21)45-8-3/h10-19,29-31,42H,6-9,20H2,1-5H3,(H,37,40)(H,38,41). The average molecular weight is 698 g/mol. The number of carbonyl (C=O) groups excluding carboxylic acids is 3. The van der Waals surface area contributed by atoms with Gasteiger partial charge in [0, 0.05) is 12.3 Å². The van der Waals surface area contributed by atoms with Crippen LogP contribution in [0.1, 0.15) is 52.5 Å². The van der Waals surface area contributed by atoms with Gasteiger partial charge < -0.3 is 34.7 Å². The molecule has 0 aromatic heterocycles. The molecule has 1 saturated carbocycles. The quantitative estimate of drug-likeness (QED) is 0.176. The second kappa shape index (κ2) is 15.5. The highest BCUT2D eigenvalue weighted by atomic mass is 79.9. The van der Waals surface area contributed by atoms with Crippen molar-refractivity contribution in [2.75, 3.05) is 37.1 Å². The Hall–Kier alpha value is -4.09. The maximum absolute atomic E-state index is 14.3. The first kappa shape index (κ1) is 34.8. The highest BCUT2D eigenvalue weighted by molar-refractivity contribution is 9.10. The Bertz CT molecular complexity index is 1560. The molecule has 2 amide bonds. The van der Waals surface area contributed by atoms with Gasteiger partial charge in [-0.2, -0.15) is 0 Å². The number of aliphatic hydroxyl groups is 1. The summed E-state index contributed by atoms with van der Waals surface area (Å²) in [5.41, 5.74) is -0.602. The number of ether oxygens (including phenoxy) is 4. The lowest BCUT2D eigenvalue weighted by atomic mass is 9.61. The molecule has 3 aromatic rings. The Morgan fingerprint density at radius 3 is 1.85 bits per heavy atom. The Morgan fingerprint density at radius 2 is 1.30 bits per heavy atom. The number of hydrogen-bond acceptors (Lipinski definition) is 8. The molecule has 0 heterocycles. The zero-order valence-electron chi connectivity index (χ0n) is 26.7. The van der Waals surface area contributed by atoms with Crippen molar-refractivity contribution in [3.8, 4) is 23.0 Å². The Kier molecular flexibility index (Phi) is 11.7. The van der Waals surface area contributed by atoms with E-state index in [0.717, 1.165) is 0 Å². The minimum absolute atomic E-state index is 0.313. The van der Waals surface area contributed by atoms with Gasteiger partial charge in [-0.05, 0) is 92.5 Å². The van der Waals surface area contributed by atoms with E-state index in [4.69, 9.17) is 18.9 Å². The van der Waals surface area contributed by atoms with Crippen LogP contribution >= 0.6 is 15.9 Å². The van der Waals surface area contributed by atoms with Crippen molar-refractivity contribution in [2.45, 2.75) is 52.6 Å². The fraction of sp³-hybridized carbons (Fsp3) is 0.400. The van der Waals surface area contributed by atoms with E-state index < -0.39 is 47.4 Å². The zero-order valence-corrected chi connectivity index (χ0v) is 28.3. The highest BCUT2D eigenvalue weighted by Gasteiger charge is 2.56. The van der Waals surface area contributed by atoms with E-state index in [0.29, 0.717) is 70.8 Å². The number of halogens is 1. The molecule has 0 spiro atoms. The molecule has 4 unspecified atom stereocenters. The summed E-state index contributed by atoms with van der Waals surface area (Å²) >= 11 is 3.57. The number of Topliss-reactive ketones (excluding diaryl/α,β-unsaturated/α-hetero) is 1. The van der Waals surface area contributed by atoms with Crippen LogP contribution in [-0.2, 0) is 14.4 Å². The van der Waals surface area contributed by atoms with Crippen molar-refractivity contribution < 1.29 is 38.4 Å². The van der Waals surface area contributed by atoms with Crippen LogP contribution in [0.15, 0.2) is 65.1 Å². The summed E-state index contributed by atoms with van der Waals surface area (Å²) in [5.74, 6) is -3.74. The van der Waals surface area contributed by atoms with Crippen LogP contribution in [-0.4, -0.2) is 54.7 Å². The van der Waals surface area contributed by atoms with E-state index in [1.54, 1.807) is 60.7 Å². The molecule has 1 aliphatic rings. The summed E-state index contributed by atoms with van der Waals surface area (Å²) in [5, 5.41) is 17.6. The maximum Gasteiger partial charge on any atom is 0.235 e. The van der Waals surface area contributed by atoms with Crippen LogP contribution < -0.4 is 29.6 Å². The fourth-order valence-corrected chi connectivity index (χ4v) is 6.52. The summed E-state index contributed by atoms with van der Waals surface area (Å²) < 4.78 is 23.7. The second-order valence-electron chi connectivity index (χ2n) is 11.0. The normalized spacial score (nSPS) is 20.8. The maximum atomic E-state index is 14.3. The van der Waals surface area contributed by atoms with Crippen LogP contribution in [0.4, 0.5) is 11.4 Å². The molecule has 0 aliphatic heterocycles. The van der Waals surface area contributed by atoms with Crippen molar-refractivity contribution >= 4 is 44.9 Å². The molecule has 11 heteroatoms. The van der Waals surface area contributed by atoms with Gasteiger partial charge in [-0.15, -0.1) is 0 Å². The van der Waals surface area contributed by atoms with Crippen LogP contribution in [0.25, 0.3) is 0 Å². The van der Waals surface area contributed by atoms with Gasteiger partial charge in [0.2, 0.25) is 11.8 Å². The molecule has 0 saturated heterocycles. The van der Waals surface area contributed by atoms with E-state index in [9.17, 15) is 19.5 Å². The van der Waals surface area contributed by atoms with Gasteiger partial charge in [-0.3, -0.25) is 14.4 Å². The van der Waals surface area contributed by atoms with Gasteiger partial charge in [0.05, 0.1) is 53.8 Å². The number of carbonyl (C=O) groups is 3. The number of nitrogens with one attached hydrogen (secondary N) is 2. The molecule has 1 aliphatic carbocycles. The summed E-state index contributed by atoms with van der Waals surface area (Å²) in [4.78, 5) is 42.4. The van der Waals surface area contributed by atoms with Crippen LogP contribution in [0, 0.1) is 11.8 Å². The van der Waals surface area contributed by atoms with Crippen LogP contribution in [0.2, 0.25) is 0 Å². The Labute approximate surface area is 277 Å². The third-order valence-electron chi connectivity index (χ3n) is 7.73. The fourth-order valence-electron chi connectivity index (χ4n) is 5.94. The number of amides is 2. The van der Waals surface area contributed by atoms with E-state index >= 15 is 0 Å². The van der Waals surface area contributed by atoms with Gasteiger partial charge in [0.1, 0.15) is 23.2 Å². The molecule has 10 nitrogen and oxygen atoms in total. The molecule has 4 atom stereocenters.